The predicted octanol–water partition coefficient (Wildman–Crippen LogP) is 4.21. The molecule has 3 aliphatic carbocycles. The second-order valence-electron chi connectivity index (χ2n) is 17.2. The Hall–Kier alpha value is -5.25. The summed E-state index contributed by atoms with van der Waals surface area (Å²) in [6.07, 6.45) is -9.50. The fourth-order valence-electron chi connectivity index (χ4n) is 10.2. The number of benzene rings is 3. The van der Waals surface area contributed by atoms with E-state index in [0.717, 1.165) is 0 Å². The quantitative estimate of drug-likeness (QED) is 0.122. The van der Waals surface area contributed by atoms with Crippen LogP contribution >= 0.6 is 0 Å². The van der Waals surface area contributed by atoms with Crippen molar-refractivity contribution in [1.82, 2.24) is 5.32 Å². The molecule has 0 radical (unpaired) electrons. The number of amides is 1. The molecule has 324 valence electrons. The SMILES string of the molecule is CCOC1C(=O)C2(C)C(O)CC3OCC3(OC(C)=O)C2C(OC(=O)c2ccccc2)C2(O)CC(OC(=O)C(O)C(NC(=O)c3ccccc3)c3ccccc3)C(C)=C1C2(C)C. The van der Waals surface area contributed by atoms with Gasteiger partial charge in [0, 0.05) is 37.4 Å². The molecule has 3 aromatic rings. The summed E-state index contributed by atoms with van der Waals surface area (Å²) in [6, 6.07) is 23.4. The number of rotatable bonds is 11. The van der Waals surface area contributed by atoms with Crippen LogP contribution in [0.5, 0.6) is 0 Å². The minimum Gasteiger partial charge on any atom is -0.456 e. The van der Waals surface area contributed by atoms with Gasteiger partial charge in [-0.25, -0.2) is 9.59 Å². The monoisotopic (exact) mass is 839 g/mol. The van der Waals surface area contributed by atoms with Crippen molar-refractivity contribution in [3.63, 3.8) is 0 Å². The van der Waals surface area contributed by atoms with Crippen molar-refractivity contribution in [2.24, 2.45) is 16.7 Å². The number of aliphatic hydroxyl groups excluding tert-OH is 2. The molecule has 0 spiro atoms. The standard InChI is InChI=1S/C47H53NO13/c1-7-57-37-34-26(2)31(59-43(55)36(51)35(28-17-11-8-12-18-28)48-41(53)29-19-13-9-14-20-29)24-47(56,44(34,4)5)40(60-42(54)30-21-15-10-16-22-30)38-45(6,39(37)52)32(50)23-33-46(38,25-58-33)61-27(3)49/h8-22,31-33,35-38,40,50-51,56H,7,23-25H2,1-6H3,(H,48,53). The Morgan fingerprint density at radius 3 is 2.05 bits per heavy atom. The molecule has 4 aliphatic rings. The van der Waals surface area contributed by atoms with Crippen LogP contribution in [0, 0.1) is 16.7 Å². The molecule has 2 saturated carbocycles. The Kier molecular flexibility index (Phi) is 11.9. The van der Waals surface area contributed by atoms with Gasteiger partial charge in [-0.3, -0.25) is 14.4 Å². The number of carbonyl (C=O) groups excluding carboxylic acids is 5. The number of fused-ring (bicyclic) bond motifs is 5. The normalized spacial score (nSPS) is 32.3. The van der Waals surface area contributed by atoms with Gasteiger partial charge in [0.25, 0.3) is 5.91 Å². The zero-order valence-corrected chi connectivity index (χ0v) is 35.0. The van der Waals surface area contributed by atoms with E-state index in [2.05, 4.69) is 5.32 Å². The topological polar surface area (TPSA) is 204 Å². The Bertz CT molecular complexity index is 2190. The maximum Gasteiger partial charge on any atom is 0.338 e. The highest BCUT2D eigenvalue weighted by atomic mass is 16.6. The third-order valence-electron chi connectivity index (χ3n) is 13.5. The van der Waals surface area contributed by atoms with E-state index in [1.54, 1.807) is 107 Å². The van der Waals surface area contributed by atoms with Crippen molar-refractivity contribution in [2.75, 3.05) is 13.2 Å². The van der Waals surface area contributed by atoms with Crippen LogP contribution in [0.2, 0.25) is 0 Å². The van der Waals surface area contributed by atoms with Crippen LogP contribution in [-0.2, 0) is 38.1 Å². The van der Waals surface area contributed by atoms with Crippen LogP contribution in [0.3, 0.4) is 0 Å². The first kappa shape index (κ1) is 43.8. The van der Waals surface area contributed by atoms with E-state index in [-0.39, 0.29) is 36.3 Å². The van der Waals surface area contributed by atoms with Gasteiger partial charge in [-0.1, -0.05) is 80.6 Å². The lowest BCUT2D eigenvalue weighted by atomic mass is 9.44. The van der Waals surface area contributed by atoms with Crippen molar-refractivity contribution in [3.8, 4) is 0 Å². The van der Waals surface area contributed by atoms with Crippen molar-refractivity contribution < 1.29 is 63.0 Å². The third kappa shape index (κ3) is 7.27. The Morgan fingerprint density at radius 1 is 0.902 bits per heavy atom. The molecule has 11 atom stereocenters. The van der Waals surface area contributed by atoms with E-state index < -0.39 is 107 Å². The molecule has 1 heterocycles. The molecule has 1 aliphatic heterocycles. The zero-order chi connectivity index (χ0) is 44.1. The predicted molar refractivity (Wildman–Crippen MR) is 218 cm³/mol. The van der Waals surface area contributed by atoms with Gasteiger partial charge in [0.05, 0.1) is 35.6 Å². The van der Waals surface area contributed by atoms with E-state index in [1.165, 1.54) is 26.0 Å². The summed E-state index contributed by atoms with van der Waals surface area (Å²) in [5.74, 6) is -5.39. The molecule has 0 aromatic heterocycles. The first-order chi connectivity index (χ1) is 28.9. The van der Waals surface area contributed by atoms with Crippen LogP contribution in [0.1, 0.15) is 86.7 Å². The first-order valence-electron chi connectivity index (χ1n) is 20.6. The summed E-state index contributed by atoms with van der Waals surface area (Å²) < 4.78 is 30.9. The molecule has 1 amide bonds. The molecular formula is C47H53NO13. The molecule has 61 heavy (non-hydrogen) atoms. The molecule has 14 heteroatoms. The number of nitrogens with one attached hydrogen (secondary N) is 1. The summed E-state index contributed by atoms with van der Waals surface area (Å²) in [7, 11) is 0. The fourth-order valence-corrected chi connectivity index (χ4v) is 10.2. The first-order valence-corrected chi connectivity index (χ1v) is 20.6. The Morgan fingerprint density at radius 2 is 1.49 bits per heavy atom. The van der Waals surface area contributed by atoms with Crippen molar-refractivity contribution in [2.45, 2.75) is 108 Å². The van der Waals surface area contributed by atoms with Crippen molar-refractivity contribution in [3.05, 3.63) is 119 Å². The average molecular weight is 840 g/mol. The van der Waals surface area contributed by atoms with E-state index in [0.29, 0.717) is 11.1 Å². The van der Waals surface area contributed by atoms with Gasteiger partial charge in [-0.15, -0.1) is 0 Å². The summed E-state index contributed by atoms with van der Waals surface area (Å²) in [6.45, 7) is 9.12. The van der Waals surface area contributed by atoms with Gasteiger partial charge in [0.15, 0.2) is 17.5 Å². The maximum atomic E-state index is 15.5. The number of hydrogen-bond donors (Lipinski definition) is 4. The Balaban J connectivity index is 1.37. The van der Waals surface area contributed by atoms with Crippen LogP contribution in [0.15, 0.2) is 102 Å². The Labute approximate surface area is 354 Å². The van der Waals surface area contributed by atoms with Crippen molar-refractivity contribution in [1.29, 1.82) is 0 Å². The van der Waals surface area contributed by atoms with Gasteiger partial charge in [-0.05, 0) is 61.7 Å². The molecular weight excluding hydrogens is 787 g/mol. The van der Waals surface area contributed by atoms with E-state index in [4.69, 9.17) is 23.7 Å². The third-order valence-corrected chi connectivity index (χ3v) is 13.5. The second kappa shape index (κ2) is 16.6. The van der Waals surface area contributed by atoms with Crippen LogP contribution in [0.4, 0.5) is 0 Å². The van der Waals surface area contributed by atoms with Gasteiger partial charge < -0.3 is 44.3 Å². The number of carbonyl (C=O) groups is 5. The number of ketones is 1. The highest BCUT2D eigenvalue weighted by Gasteiger charge is 2.78. The van der Waals surface area contributed by atoms with Crippen molar-refractivity contribution >= 4 is 29.6 Å². The molecule has 1 saturated heterocycles. The van der Waals surface area contributed by atoms with Gasteiger partial charge in [-0.2, -0.15) is 0 Å². The largest absolute Gasteiger partial charge is 0.456 e. The number of esters is 3. The van der Waals surface area contributed by atoms with Gasteiger partial charge in [0.1, 0.15) is 30.0 Å². The molecule has 7 rings (SSSR count). The molecule has 2 bridgehead atoms. The lowest BCUT2D eigenvalue weighted by Gasteiger charge is -2.67. The molecule has 3 aromatic carbocycles. The lowest BCUT2D eigenvalue weighted by Crippen LogP contribution is -2.81. The van der Waals surface area contributed by atoms with Crippen LogP contribution in [0.25, 0.3) is 0 Å². The lowest BCUT2D eigenvalue weighted by molar-refractivity contribution is -0.346. The average Bonchev–Trinajstić information content (AvgIpc) is 3.24. The van der Waals surface area contributed by atoms with E-state index in [9.17, 15) is 34.5 Å². The summed E-state index contributed by atoms with van der Waals surface area (Å²) in [4.78, 5) is 70.5. The van der Waals surface area contributed by atoms with E-state index in [1.807, 2.05) is 0 Å². The minimum absolute atomic E-state index is 0.00875. The summed E-state index contributed by atoms with van der Waals surface area (Å²) in [5, 5.41) is 40.3. The molecule has 11 unspecified atom stereocenters. The maximum absolute atomic E-state index is 15.5. The highest BCUT2D eigenvalue weighted by molar-refractivity contribution is 5.95. The second-order valence-corrected chi connectivity index (χ2v) is 17.2. The highest BCUT2D eigenvalue weighted by Crippen LogP contribution is 2.64. The molecule has 3 fully saturated rings. The van der Waals surface area contributed by atoms with Gasteiger partial charge >= 0.3 is 17.9 Å². The van der Waals surface area contributed by atoms with Gasteiger partial charge in [0.2, 0.25) is 0 Å². The molecule has 4 N–H and O–H groups in total. The smallest absolute Gasteiger partial charge is 0.338 e. The number of Topliss-reactive ketones (excluding diaryl/α,β-unsaturated/α-hetero) is 1. The number of ether oxygens (including phenoxy) is 5. The summed E-state index contributed by atoms with van der Waals surface area (Å²) >= 11 is 0. The minimum atomic E-state index is -2.27. The fraction of sp³-hybridized carbons (Fsp3) is 0.468. The number of aliphatic hydroxyl groups is 3. The van der Waals surface area contributed by atoms with E-state index >= 15 is 4.79 Å². The van der Waals surface area contributed by atoms with Crippen LogP contribution in [-0.4, -0.2) is 106 Å². The zero-order valence-electron chi connectivity index (χ0n) is 35.0. The number of hydrogen-bond acceptors (Lipinski definition) is 13. The molecule has 14 nitrogen and oxygen atoms in total. The summed E-state index contributed by atoms with van der Waals surface area (Å²) in [5.41, 5.74) is -5.98. The van der Waals surface area contributed by atoms with Crippen LogP contribution < -0.4 is 5.32 Å².